The molecule has 0 aliphatic heterocycles. The quantitative estimate of drug-likeness (QED) is 0.356. The van der Waals surface area contributed by atoms with E-state index >= 15 is 0 Å². The molecule has 1 fully saturated rings. The zero-order valence-electron chi connectivity index (χ0n) is 23.5. The minimum atomic E-state index is -4.06. The van der Waals surface area contributed by atoms with Gasteiger partial charge in [0.05, 0.1) is 10.6 Å². The van der Waals surface area contributed by atoms with Crippen molar-refractivity contribution in [2.75, 3.05) is 17.4 Å². The maximum atomic E-state index is 14.0. The second-order valence-corrected chi connectivity index (χ2v) is 12.5. The highest BCUT2D eigenvalue weighted by atomic mass is 32.2. The molecule has 3 aromatic rings. The molecular formula is C32H39N3O4S. The Labute approximate surface area is 238 Å². The van der Waals surface area contributed by atoms with E-state index in [-0.39, 0.29) is 23.4 Å². The predicted octanol–water partition coefficient (Wildman–Crippen LogP) is 5.02. The summed E-state index contributed by atoms with van der Waals surface area (Å²) in [6, 6.07) is 22.8. The summed E-state index contributed by atoms with van der Waals surface area (Å²) < 4.78 is 29.0. The van der Waals surface area contributed by atoms with Crippen LogP contribution in [0.2, 0.25) is 0 Å². The van der Waals surface area contributed by atoms with Crippen LogP contribution < -0.4 is 9.62 Å². The summed E-state index contributed by atoms with van der Waals surface area (Å²) >= 11 is 0. The summed E-state index contributed by atoms with van der Waals surface area (Å²) in [5.74, 6) is -0.640. The van der Waals surface area contributed by atoms with Crippen molar-refractivity contribution < 1.29 is 18.0 Å². The molecule has 0 saturated heterocycles. The Kier molecular flexibility index (Phi) is 9.63. The lowest BCUT2D eigenvalue weighted by Crippen LogP contribution is -2.53. The highest BCUT2D eigenvalue weighted by Gasteiger charge is 2.33. The standard InChI is InChI=1S/C32H39N3O4S/c1-24-16-18-30(19-17-24)40(38,39)35(29-15-9-10-25(2)22-29)23-31(36)34(21-20-27-11-5-4-6-12-27)26(3)32(37)33-28-13-7-8-14-28/h4-6,9-12,15-19,22,26,28H,7-8,13-14,20-21,23H2,1-3H3,(H,33,37). The maximum Gasteiger partial charge on any atom is 0.264 e. The van der Waals surface area contributed by atoms with Crippen molar-refractivity contribution in [1.82, 2.24) is 10.2 Å². The molecule has 3 aromatic carbocycles. The van der Waals surface area contributed by atoms with Crippen LogP contribution in [0.5, 0.6) is 0 Å². The number of amides is 2. The number of carbonyl (C=O) groups excluding carboxylic acids is 2. The molecule has 0 aromatic heterocycles. The molecule has 1 aliphatic carbocycles. The Morgan fingerprint density at radius 3 is 2.23 bits per heavy atom. The number of aryl methyl sites for hydroxylation is 2. The topological polar surface area (TPSA) is 86.8 Å². The Morgan fingerprint density at radius 2 is 1.57 bits per heavy atom. The van der Waals surface area contributed by atoms with E-state index in [9.17, 15) is 18.0 Å². The third-order valence-corrected chi connectivity index (χ3v) is 9.32. The van der Waals surface area contributed by atoms with E-state index in [0.29, 0.717) is 12.1 Å². The molecule has 2 amide bonds. The molecule has 1 atom stereocenters. The number of sulfonamides is 1. The van der Waals surface area contributed by atoms with Crippen LogP contribution in [-0.2, 0) is 26.0 Å². The van der Waals surface area contributed by atoms with Gasteiger partial charge in [-0.3, -0.25) is 13.9 Å². The van der Waals surface area contributed by atoms with Crippen LogP contribution >= 0.6 is 0 Å². The minimum Gasteiger partial charge on any atom is -0.352 e. The SMILES string of the molecule is Cc1ccc(S(=O)(=O)N(CC(=O)N(CCc2ccccc2)C(C)C(=O)NC2CCCC2)c2cccc(C)c2)cc1. The van der Waals surface area contributed by atoms with E-state index in [1.807, 2.05) is 50.2 Å². The Morgan fingerprint density at radius 1 is 0.900 bits per heavy atom. The molecule has 0 radical (unpaired) electrons. The van der Waals surface area contributed by atoms with Crippen molar-refractivity contribution in [1.29, 1.82) is 0 Å². The number of anilines is 1. The van der Waals surface area contributed by atoms with Gasteiger partial charge in [-0.25, -0.2) is 8.42 Å². The predicted molar refractivity (Wildman–Crippen MR) is 159 cm³/mol. The maximum absolute atomic E-state index is 14.0. The largest absolute Gasteiger partial charge is 0.352 e. The van der Waals surface area contributed by atoms with Gasteiger partial charge in [0.1, 0.15) is 12.6 Å². The zero-order chi connectivity index (χ0) is 28.7. The first-order valence-corrected chi connectivity index (χ1v) is 15.4. The van der Waals surface area contributed by atoms with Gasteiger partial charge in [-0.2, -0.15) is 0 Å². The average molecular weight is 562 g/mol. The first-order chi connectivity index (χ1) is 19.1. The van der Waals surface area contributed by atoms with Gasteiger partial charge in [-0.05, 0) is 75.4 Å². The highest BCUT2D eigenvalue weighted by molar-refractivity contribution is 7.92. The fourth-order valence-electron chi connectivity index (χ4n) is 5.11. The fourth-order valence-corrected chi connectivity index (χ4v) is 6.52. The van der Waals surface area contributed by atoms with Gasteiger partial charge in [0.2, 0.25) is 11.8 Å². The van der Waals surface area contributed by atoms with Crippen molar-refractivity contribution in [3.8, 4) is 0 Å². The van der Waals surface area contributed by atoms with Crippen molar-refractivity contribution in [2.45, 2.75) is 69.9 Å². The average Bonchev–Trinajstić information content (AvgIpc) is 3.45. The van der Waals surface area contributed by atoms with Gasteiger partial charge >= 0.3 is 0 Å². The Bertz CT molecular complexity index is 1400. The summed E-state index contributed by atoms with van der Waals surface area (Å²) in [5, 5.41) is 3.10. The van der Waals surface area contributed by atoms with E-state index in [4.69, 9.17) is 0 Å². The van der Waals surface area contributed by atoms with Crippen LogP contribution in [-0.4, -0.2) is 50.3 Å². The van der Waals surface area contributed by atoms with E-state index in [2.05, 4.69) is 5.32 Å². The molecule has 0 spiro atoms. The first-order valence-electron chi connectivity index (χ1n) is 13.9. The molecule has 7 nitrogen and oxygen atoms in total. The number of hydrogen-bond acceptors (Lipinski definition) is 4. The monoisotopic (exact) mass is 561 g/mol. The molecule has 1 unspecified atom stereocenters. The summed E-state index contributed by atoms with van der Waals surface area (Å²) in [5.41, 5.74) is 3.25. The molecule has 4 rings (SSSR count). The second kappa shape index (κ2) is 13.1. The van der Waals surface area contributed by atoms with Crippen LogP contribution in [0.15, 0.2) is 83.8 Å². The summed E-state index contributed by atoms with van der Waals surface area (Å²) in [6.45, 7) is 5.35. The van der Waals surface area contributed by atoms with E-state index in [0.717, 1.165) is 46.7 Å². The van der Waals surface area contributed by atoms with Crippen LogP contribution in [0, 0.1) is 13.8 Å². The molecular weight excluding hydrogens is 522 g/mol. The van der Waals surface area contributed by atoms with Gasteiger partial charge in [0, 0.05) is 12.6 Å². The number of hydrogen-bond donors (Lipinski definition) is 1. The van der Waals surface area contributed by atoms with Gasteiger partial charge in [-0.15, -0.1) is 0 Å². The molecule has 1 saturated carbocycles. The van der Waals surface area contributed by atoms with Crippen molar-refractivity contribution in [2.24, 2.45) is 0 Å². The van der Waals surface area contributed by atoms with Crippen molar-refractivity contribution in [3.63, 3.8) is 0 Å². The lowest BCUT2D eigenvalue weighted by Gasteiger charge is -2.32. The molecule has 1 N–H and O–H groups in total. The first kappa shape index (κ1) is 29.3. The molecule has 0 bridgehead atoms. The number of nitrogens with zero attached hydrogens (tertiary/aromatic N) is 2. The number of rotatable bonds is 11. The molecule has 0 heterocycles. The summed E-state index contributed by atoms with van der Waals surface area (Å²) in [7, 11) is -4.06. The second-order valence-electron chi connectivity index (χ2n) is 10.7. The Hall–Kier alpha value is -3.65. The fraction of sp³-hybridized carbons (Fsp3) is 0.375. The van der Waals surface area contributed by atoms with Crippen LogP contribution in [0.25, 0.3) is 0 Å². The van der Waals surface area contributed by atoms with E-state index in [1.165, 1.54) is 4.90 Å². The molecule has 8 heteroatoms. The third kappa shape index (κ3) is 7.30. The lowest BCUT2D eigenvalue weighted by molar-refractivity contribution is -0.139. The number of benzene rings is 3. The molecule has 212 valence electrons. The van der Waals surface area contributed by atoms with Crippen LogP contribution in [0.4, 0.5) is 5.69 Å². The summed E-state index contributed by atoms with van der Waals surface area (Å²) in [4.78, 5) is 28.9. The smallest absolute Gasteiger partial charge is 0.264 e. The number of nitrogens with one attached hydrogen (secondary N) is 1. The normalized spacial score (nSPS) is 14.5. The van der Waals surface area contributed by atoms with Gasteiger partial charge < -0.3 is 10.2 Å². The lowest BCUT2D eigenvalue weighted by atomic mass is 10.1. The number of carbonyl (C=O) groups is 2. The van der Waals surface area contributed by atoms with Crippen LogP contribution in [0.3, 0.4) is 0 Å². The van der Waals surface area contributed by atoms with Crippen molar-refractivity contribution >= 4 is 27.5 Å². The third-order valence-electron chi connectivity index (χ3n) is 7.53. The van der Waals surface area contributed by atoms with Gasteiger partial charge in [0.25, 0.3) is 10.0 Å². The molecule has 1 aliphatic rings. The van der Waals surface area contributed by atoms with Gasteiger partial charge in [-0.1, -0.05) is 73.0 Å². The minimum absolute atomic E-state index is 0.107. The zero-order valence-corrected chi connectivity index (χ0v) is 24.4. The van der Waals surface area contributed by atoms with Crippen molar-refractivity contribution in [3.05, 3.63) is 95.6 Å². The van der Waals surface area contributed by atoms with Gasteiger partial charge in [0.15, 0.2) is 0 Å². The van der Waals surface area contributed by atoms with Crippen LogP contribution in [0.1, 0.15) is 49.3 Å². The van der Waals surface area contributed by atoms with E-state index in [1.54, 1.807) is 49.4 Å². The summed E-state index contributed by atoms with van der Waals surface area (Å²) in [6.07, 6.45) is 4.58. The van der Waals surface area contributed by atoms with E-state index < -0.39 is 28.5 Å². The Balaban J connectivity index is 1.64. The highest BCUT2D eigenvalue weighted by Crippen LogP contribution is 2.25. The molecule has 40 heavy (non-hydrogen) atoms.